The smallest absolute Gasteiger partial charge is 0.253 e. The van der Waals surface area contributed by atoms with E-state index in [4.69, 9.17) is 16.3 Å². The lowest BCUT2D eigenvalue weighted by atomic mass is 10.0. The van der Waals surface area contributed by atoms with Gasteiger partial charge in [-0.25, -0.2) is 0 Å². The van der Waals surface area contributed by atoms with Crippen LogP contribution in [0.5, 0.6) is 5.75 Å². The Bertz CT molecular complexity index is 1270. The Morgan fingerprint density at radius 2 is 1.91 bits per heavy atom. The van der Waals surface area contributed by atoms with Crippen molar-refractivity contribution in [1.29, 1.82) is 0 Å². The first kappa shape index (κ1) is 21.4. The zero-order chi connectivity index (χ0) is 22.5. The number of carbonyl (C=O) groups is 2. The van der Waals surface area contributed by atoms with Gasteiger partial charge in [0.1, 0.15) is 17.5 Å². The number of anilines is 1. The Balaban J connectivity index is 1.63. The van der Waals surface area contributed by atoms with E-state index in [0.717, 1.165) is 16.5 Å². The van der Waals surface area contributed by atoms with Crippen LogP contribution in [0.2, 0.25) is 5.02 Å². The van der Waals surface area contributed by atoms with Crippen LogP contribution in [0.15, 0.2) is 73.2 Å². The Kier molecular flexibility index (Phi) is 6.37. The fraction of sp³-hybridized carbons (Fsp3) is 0.125. The van der Waals surface area contributed by atoms with Gasteiger partial charge in [0.05, 0.1) is 23.9 Å². The minimum Gasteiger partial charge on any atom is -0.494 e. The number of para-hydroxylation sites is 1. The molecule has 3 N–H and O–H groups in total. The number of hydrogen-bond donors (Lipinski definition) is 3. The number of fused-ring (bicyclic) bond motifs is 1. The summed E-state index contributed by atoms with van der Waals surface area (Å²) in [5, 5.41) is 6.93. The van der Waals surface area contributed by atoms with Crippen LogP contribution in [0.25, 0.3) is 10.9 Å². The van der Waals surface area contributed by atoms with Crippen LogP contribution >= 0.6 is 11.6 Å². The molecule has 0 fully saturated rings. The second-order valence-corrected chi connectivity index (χ2v) is 7.54. The first-order chi connectivity index (χ1) is 15.6. The molecule has 32 heavy (non-hydrogen) atoms. The van der Waals surface area contributed by atoms with E-state index < -0.39 is 17.9 Å². The average Bonchev–Trinajstić information content (AvgIpc) is 3.22. The maximum absolute atomic E-state index is 13.2. The zero-order valence-corrected chi connectivity index (χ0v) is 18.0. The third kappa shape index (κ3) is 4.58. The molecular weight excluding hydrogens is 428 g/mol. The van der Waals surface area contributed by atoms with Gasteiger partial charge < -0.3 is 20.4 Å². The summed E-state index contributed by atoms with van der Waals surface area (Å²) < 4.78 is 5.29. The number of amides is 2. The van der Waals surface area contributed by atoms with Crippen molar-refractivity contribution < 1.29 is 14.3 Å². The Labute approximate surface area is 189 Å². The van der Waals surface area contributed by atoms with Crippen molar-refractivity contribution in [2.45, 2.75) is 12.5 Å². The number of ether oxygens (including phenoxy) is 1. The average molecular weight is 449 g/mol. The minimum absolute atomic E-state index is 0.272. The molecule has 2 aromatic carbocycles. The van der Waals surface area contributed by atoms with Crippen LogP contribution in [0.3, 0.4) is 0 Å². The lowest BCUT2D eigenvalue weighted by Gasteiger charge is -2.19. The lowest BCUT2D eigenvalue weighted by molar-refractivity contribution is -0.118. The molecule has 7 nitrogen and oxygen atoms in total. The number of pyridine rings is 1. The van der Waals surface area contributed by atoms with Crippen LogP contribution in [-0.2, 0) is 11.2 Å². The molecule has 0 saturated heterocycles. The van der Waals surface area contributed by atoms with Crippen molar-refractivity contribution in [3.8, 4) is 5.75 Å². The van der Waals surface area contributed by atoms with Gasteiger partial charge in [0.2, 0.25) is 5.91 Å². The van der Waals surface area contributed by atoms with Crippen molar-refractivity contribution in [2.75, 3.05) is 12.4 Å². The van der Waals surface area contributed by atoms with Crippen LogP contribution in [0.1, 0.15) is 15.9 Å². The molecule has 2 amide bonds. The summed E-state index contributed by atoms with van der Waals surface area (Å²) in [6, 6.07) is 15.3. The predicted octanol–water partition coefficient (Wildman–Crippen LogP) is 4.20. The number of rotatable bonds is 7. The molecule has 2 heterocycles. The van der Waals surface area contributed by atoms with Gasteiger partial charge in [0, 0.05) is 35.8 Å². The van der Waals surface area contributed by atoms with Gasteiger partial charge in [0.15, 0.2) is 0 Å². The van der Waals surface area contributed by atoms with Gasteiger partial charge in [0.25, 0.3) is 5.91 Å². The summed E-state index contributed by atoms with van der Waals surface area (Å²) in [6.45, 7) is 0. The third-order valence-corrected chi connectivity index (χ3v) is 5.43. The number of carbonyl (C=O) groups excluding carboxylic acids is 2. The molecule has 0 aliphatic rings. The molecule has 1 atom stereocenters. The molecule has 0 radical (unpaired) electrons. The lowest BCUT2D eigenvalue weighted by Crippen LogP contribution is -2.45. The number of aromatic nitrogens is 2. The van der Waals surface area contributed by atoms with E-state index in [9.17, 15) is 9.59 Å². The molecule has 0 bridgehead atoms. The first-order valence-electron chi connectivity index (χ1n) is 9.96. The quantitative estimate of drug-likeness (QED) is 0.394. The van der Waals surface area contributed by atoms with E-state index >= 15 is 0 Å². The van der Waals surface area contributed by atoms with Crippen LogP contribution in [-0.4, -0.2) is 34.9 Å². The van der Waals surface area contributed by atoms with Gasteiger partial charge in [-0.1, -0.05) is 41.9 Å². The number of nitrogens with zero attached hydrogens (tertiary/aromatic N) is 1. The van der Waals surface area contributed by atoms with Gasteiger partial charge in [-0.05, 0) is 23.8 Å². The Hall–Kier alpha value is -3.84. The molecule has 0 spiro atoms. The van der Waals surface area contributed by atoms with E-state index in [1.165, 1.54) is 13.3 Å². The van der Waals surface area contributed by atoms with E-state index in [1.54, 1.807) is 36.5 Å². The monoisotopic (exact) mass is 448 g/mol. The number of benzene rings is 2. The van der Waals surface area contributed by atoms with Crippen molar-refractivity contribution in [3.63, 3.8) is 0 Å². The molecule has 8 heteroatoms. The Morgan fingerprint density at radius 1 is 1.12 bits per heavy atom. The molecule has 0 aliphatic heterocycles. The fourth-order valence-corrected chi connectivity index (χ4v) is 3.71. The summed E-state index contributed by atoms with van der Waals surface area (Å²) >= 11 is 6.18. The van der Waals surface area contributed by atoms with Gasteiger partial charge in [-0.3, -0.25) is 14.6 Å². The third-order valence-electron chi connectivity index (χ3n) is 5.10. The maximum atomic E-state index is 13.2. The molecule has 4 aromatic rings. The van der Waals surface area contributed by atoms with Crippen molar-refractivity contribution in [3.05, 3.63) is 89.3 Å². The molecule has 0 aliphatic carbocycles. The number of aromatic amines is 1. The normalized spacial score (nSPS) is 11.7. The van der Waals surface area contributed by atoms with E-state index in [0.29, 0.717) is 22.0 Å². The van der Waals surface area contributed by atoms with Crippen molar-refractivity contribution >= 4 is 40.0 Å². The molecule has 2 aromatic heterocycles. The summed E-state index contributed by atoms with van der Waals surface area (Å²) in [4.78, 5) is 33.4. The number of methoxy groups -OCH3 is 1. The highest BCUT2D eigenvalue weighted by atomic mass is 35.5. The molecule has 0 saturated carbocycles. The molecular formula is C24H21ClN4O3. The highest BCUT2D eigenvalue weighted by Gasteiger charge is 2.25. The number of nitrogens with one attached hydrogen (secondary N) is 3. The summed E-state index contributed by atoms with van der Waals surface area (Å²) in [7, 11) is 1.51. The van der Waals surface area contributed by atoms with Gasteiger partial charge in [-0.15, -0.1) is 0 Å². The second-order valence-electron chi connectivity index (χ2n) is 7.13. The molecule has 162 valence electrons. The minimum atomic E-state index is -0.872. The highest BCUT2D eigenvalue weighted by molar-refractivity contribution is 6.33. The first-order valence-corrected chi connectivity index (χ1v) is 10.3. The topological polar surface area (TPSA) is 96.1 Å². The number of H-pyrrole nitrogens is 1. The van der Waals surface area contributed by atoms with Crippen LogP contribution in [0, 0.1) is 0 Å². The maximum Gasteiger partial charge on any atom is 0.253 e. The predicted molar refractivity (Wildman–Crippen MR) is 124 cm³/mol. The summed E-state index contributed by atoms with van der Waals surface area (Å²) in [5.41, 5.74) is 2.56. The van der Waals surface area contributed by atoms with Crippen LogP contribution in [0.4, 0.5) is 5.69 Å². The van der Waals surface area contributed by atoms with E-state index in [2.05, 4.69) is 20.6 Å². The molecule has 1 unspecified atom stereocenters. The van der Waals surface area contributed by atoms with Crippen LogP contribution < -0.4 is 15.4 Å². The Morgan fingerprint density at radius 3 is 2.72 bits per heavy atom. The zero-order valence-electron chi connectivity index (χ0n) is 17.3. The van der Waals surface area contributed by atoms with Gasteiger partial charge in [-0.2, -0.15) is 0 Å². The largest absolute Gasteiger partial charge is 0.494 e. The SMILES string of the molecule is COc1ccncc1NC(=O)C(Cc1c[nH]c2ccccc12)NC(=O)c1ccccc1Cl. The standard InChI is InChI=1S/C24H21ClN4O3/c1-32-22-10-11-26-14-21(22)29-24(31)20(28-23(30)17-7-2-4-8-18(17)25)12-15-13-27-19-9-5-3-6-16(15)19/h2-11,13-14,20,27H,12H2,1H3,(H,28,30)(H,29,31). The van der Waals surface area contributed by atoms with Gasteiger partial charge >= 0.3 is 0 Å². The van der Waals surface area contributed by atoms with Crippen molar-refractivity contribution in [2.24, 2.45) is 0 Å². The highest BCUT2D eigenvalue weighted by Crippen LogP contribution is 2.24. The summed E-state index contributed by atoms with van der Waals surface area (Å²) in [6.07, 6.45) is 5.18. The molecule has 4 rings (SSSR count). The number of halogens is 1. The van der Waals surface area contributed by atoms with E-state index in [1.807, 2.05) is 30.5 Å². The van der Waals surface area contributed by atoms with Crippen molar-refractivity contribution in [1.82, 2.24) is 15.3 Å². The summed E-state index contributed by atoms with van der Waals surface area (Å²) in [5.74, 6) is -0.368. The number of hydrogen-bond acceptors (Lipinski definition) is 4. The van der Waals surface area contributed by atoms with E-state index in [-0.39, 0.29) is 6.42 Å². The fourth-order valence-electron chi connectivity index (χ4n) is 3.48. The second kappa shape index (κ2) is 9.53.